The lowest BCUT2D eigenvalue weighted by Crippen LogP contribution is -2.51. The molecule has 2 aliphatic carbocycles. The van der Waals surface area contributed by atoms with Gasteiger partial charge in [0.15, 0.2) is 9.84 Å². The Morgan fingerprint density at radius 1 is 1.10 bits per heavy atom. The van der Waals surface area contributed by atoms with E-state index in [4.69, 9.17) is 23.2 Å². The first-order valence-corrected chi connectivity index (χ1v) is 15.6. The number of benzene rings is 2. The number of imidazole rings is 1. The number of halogens is 2. The predicted octanol–water partition coefficient (Wildman–Crippen LogP) is 4.13. The average molecular weight is 613 g/mol. The maximum Gasteiger partial charge on any atom is 0.244 e. The van der Waals surface area contributed by atoms with Gasteiger partial charge in [0.25, 0.3) is 0 Å². The smallest absolute Gasteiger partial charge is 0.244 e. The Morgan fingerprint density at radius 3 is 2.37 bits per heavy atom. The van der Waals surface area contributed by atoms with E-state index in [2.05, 4.69) is 16.4 Å². The quantitative estimate of drug-likeness (QED) is 0.428. The SMILES string of the molecule is Cc1nccn1-c1ccc(S(=O)(=O)C2CC(C(=O)NC3(C#N)CC3)N(C(=O)C3(c4ccc(Cl)cc4)CC3)C2)c(Cl)c1. The van der Waals surface area contributed by atoms with Crippen LogP contribution in [0.5, 0.6) is 0 Å². The van der Waals surface area contributed by atoms with Crippen molar-refractivity contribution in [2.45, 2.75) is 66.2 Å². The number of carbonyl (C=O) groups excluding carboxylic acids is 2. The summed E-state index contributed by atoms with van der Waals surface area (Å²) in [5, 5.41) is 11.8. The number of rotatable bonds is 7. The van der Waals surface area contributed by atoms with Gasteiger partial charge in [-0.05, 0) is 74.9 Å². The third-order valence-corrected chi connectivity index (χ3v) is 11.3. The minimum Gasteiger partial charge on any atom is -0.336 e. The van der Waals surface area contributed by atoms with Crippen LogP contribution in [0.4, 0.5) is 0 Å². The molecular formula is C29H27Cl2N5O4S. The lowest BCUT2D eigenvalue weighted by molar-refractivity contribution is -0.140. The number of nitriles is 1. The number of likely N-dealkylation sites (tertiary alicyclic amines) is 1. The van der Waals surface area contributed by atoms with E-state index in [1.54, 1.807) is 53.4 Å². The van der Waals surface area contributed by atoms with E-state index in [0.717, 1.165) is 11.4 Å². The molecule has 2 amide bonds. The van der Waals surface area contributed by atoms with Gasteiger partial charge in [-0.1, -0.05) is 35.3 Å². The largest absolute Gasteiger partial charge is 0.336 e. The molecule has 0 bridgehead atoms. The van der Waals surface area contributed by atoms with Crippen molar-refractivity contribution in [2.24, 2.45) is 0 Å². The molecule has 1 saturated heterocycles. The van der Waals surface area contributed by atoms with Crippen LogP contribution in [0, 0.1) is 18.3 Å². The maximum atomic E-state index is 14.1. The summed E-state index contributed by atoms with van der Waals surface area (Å²) in [7, 11) is -4.04. The van der Waals surface area contributed by atoms with E-state index in [1.807, 2.05) is 6.92 Å². The number of sulfone groups is 1. The number of hydrogen-bond acceptors (Lipinski definition) is 6. The van der Waals surface area contributed by atoms with Gasteiger partial charge < -0.3 is 14.8 Å². The Kier molecular flexibility index (Phi) is 6.68. The van der Waals surface area contributed by atoms with Crippen molar-refractivity contribution in [1.29, 1.82) is 5.26 Å². The predicted molar refractivity (Wildman–Crippen MR) is 152 cm³/mol. The molecule has 2 atom stereocenters. The Bertz CT molecular complexity index is 1710. The highest BCUT2D eigenvalue weighted by atomic mass is 35.5. The molecule has 2 aromatic carbocycles. The number of aryl methyl sites for hydroxylation is 1. The second-order valence-electron chi connectivity index (χ2n) is 11.1. The van der Waals surface area contributed by atoms with E-state index in [9.17, 15) is 23.3 Å². The lowest BCUT2D eigenvalue weighted by Gasteiger charge is -2.29. The maximum absolute atomic E-state index is 14.1. The molecule has 3 fully saturated rings. The van der Waals surface area contributed by atoms with Gasteiger partial charge in [0.2, 0.25) is 11.8 Å². The Balaban J connectivity index is 1.32. The van der Waals surface area contributed by atoms with Crippen LogP contribution in [0.15, 0.2) is 59.8 Å². The Hall–Kier alpha value is -3.39. The molecule has 2 saturated carbocycles. The monoisotopic (exact) mass is 611 g/mol. The highest BCUT2D eigenvalue weighted by molar-refractivity contribution is 7.92. The first-order chi connectivity index (χ1) is 19.5. The molecule has 6 rings (SSSR count). The number of hydrogen-bond donors (Lipinski definition) is 1. The first-order valence-electron chi connectivity index (χ1n) is 13.3. The summed E-state index contributed by atoms with van der Waals surface area (Å²) < 4.78 is 29.7. The van der Waals surface area contributed by atoms with E-state index in [1.165, 1.54) is 11.0 Å². The van der Waals surface area contributed by atoms with Crippen LogP contribution in [-0.4, -0.2) is 58.1 Å². The van der Waals surface area contributed by atoms with Crippen molar-refractivity contribution >= 4 is 44.9 Å². The molecule has 1 aromatic heterocycles. The van der Waals surface area contributed by atoms with Crippen LogP contribution >= 0.6 is 23.2 Å². The summed E-state index contributed by atoms with van der Waals surface area (Å²) in [6, 6.07) is 12.8. The van der Waals surface area contributed by atoms with E-state index >= 15 is 0 Å². The number of nitrogens with zero attached hydrogens (tertiary/aromatic N) is 4. The topological polar surface area (TPSA) is 125 Å². The molecule has 9 nitrogen and oxygen atoms in total. The van der Waals surface area contributed by atoms with Crippen LogP contribution in [0.3, 0.4) is 0 Å². The van der Waals surface area contributed by atoms with Gasteiger partial charge in [-0.15, -0.1) is 0 Å². The van der Waals surface area contributed by atoms with Crippen molar-refractivity contribution < 1.29 is 18.0 Å². The molecule has 212 valence electrons. The zero-order valence-corrected chi connectivity index (χ0v) is 24.5. The van der Waals surface area contributed by atoms with Crippen molar-refractivity contribution in [3.8, 4) is 11.8 Å². The highest BCUT2D eigenvalue weighted by Crippen LogP contribution is 2.51. The van der Waals surface area contributed by atoms with Gasteiger partial charge in [-0.2, -0.15) is 5.26 Å². The fourth-order valence-corrected chi connectivity index (χ4v) is 8.06. The molecular weight excluding hydrogens is 585 g/mol. The summed E-state index contributed by atoms with van der Waals surface area (Å²) in [4.78, 5) is 33.1. The standard InChI is InChI=1S/C29H27Cl2N5O4S/c1-18-33-12-13-35(18)21-6-7-25(23(31)14-21)41(39,40)22-15-24(26(37)34-28(17-32)8-9-28)36(16-22)27(38)29(10-11-29)19-2-4-20(30)5-3-19/h2-7,12-14,22,24H,8-11,15-16H2,1H3,(H,34,37). The first kappa shape index (κ1) is 27.8. The normalized spacial score (nSPS) is 22.1. The highest BCUT2D eigenvalue weighted by Gasteiger charge is 2.58. The fraction of sp³-hybridized carbons (Fsp3) is 0.379. The summed E-state index contributed by atoms with van der Waals surface area (Å²) in [5.41, 5.74) is -0.354. The Morgan fingerprint density at radius 2 is 1.80 bits per heavy atom. The van der Waals surface area contributed by atoms with Crippen molar-refractivity contribution in [1.82, 2.24) is 19.8 Å². The minimum absolute atomic E-state index is 0.0441. The Labute approximate surface area is 248 Å². The second-order valence-corrected chi connectivity index (χ2v) is 14.1. The molecule has 0 spiro atoms. The van der Waals surface area contributed by atoms with Gasteiger partial charge in [-0.25, -0.2) is 13.4 Å². The minimum atomic E-state index is -4.04. The number of aromatic nitrogens is 2. The van der Waals surface area contributed by atoms with Crippen LogP contribution < -0.4 is 5.32 Å². The van der Waals surface area contributed by atoms with Gasteiger partial charge in [0.1, 0.15) is 17.4 Å². The van der Waals surface area contributed by atoms with Gasteiger partial charge in [0.05, 0.1) is 26.7 Å². The van der Waals surface area contributed by atoms with Gasteiger partial charge in [0, 0.05) is 29.6 Å². The lowest BCUT2D eigenvalue weighted by atomic mass is 9.94. The van der Waals surface area contributed by atoms with Crippen molar-refractivity contribution in [3.63, 3.8) is 0 Å². The van der Waals surface area contributed by atoms with Gasteiger partial charge in [-0.3, -0.25) is 9.59 Å². The molecule has 2 unspecified atom stereocenters. The van der Waals surface area contributed by atoms with E-state index in [0.29, 0.717) is 36.4 Å². The fourth-order valence-electron chi connectivity index (χ4n) is 5.70. The summed E-state index contributed by atoms with van der Waals surface area (Å²) in [6.07, 6.45) is 5.49. The summed E-state index contributed by atoms with van der Waals surface area (Å²) >= 11 is 12.6. The van der Waals surface area contributed by atoms with Crippen LogP contribution in [0.25, 0.3) is 5.69 Å². The summed E-state index contributed by atoms with van der Waals surface area (Å²) in [6.45, 7) is 1.66. The number of nitrogens with one attached hydrogen (secondary N) is 1. The molecule has 1 N–H and O–H groups in total. The molecule has 3 aromatic rings. The zero-order chi connectivity index (χ0) is 29.2. The van der Waals surface area contributed by atoms with Crippen molar-refractivity contribution in [2.75, 3.05) is 6.54 Å². The average Bonchev–Trinajstić information content (AvgIpc) is 3.82. The van der Waals surface area contributed by atoms with Crippen molar-refractivity contribution in [3.05, 3.63) is 76.3 Å². The number of amides is 2. The van der Waals surface area contributed by atoms with E-state index in [-0.39, 0.29) is 28.8 Å². The van der Waals surface area contributed by atoms with Crippen LogP contribution in [-0.2, 0) is 24.8 Å². The number of carbonyl (C=O) groups is 2. The van der Waals surface area contributed by atoms with Crippen LogP contribution in [0.1, 0.15) is 43.5 Å². The molecule has 41 heavy (non-hydrogen) atoms. The molecule has 1 aliphatic heterocycles. The zero-order valence-electron chi connectivity index (χ0n) is 22.2. The molecule has 0 radical (unpaired) electrons. The van der Waals surface area contributed by atoms with E-state index < -0.39 is 38.0 Å². The molecule has 12 heteroatoms. The third-order valence-electron chi connectivity index (χ3n) is 8.47. The second kappa shape index (κ2) is 9.86. The molecule has 3 aliphatic rings. The summed E-state index contributed by atoms with van der Waals surface area (Å²) in [5.74, 6) is -0.0912. The van der Waals surface area contributed by atoms with Crippen LogP contribution in [0.2, 0.25) is 10.0 Å². The molecule has 2 heterocycles. The third kappa shape index (κ3) is 4.80. The van der Waals surface area contributed by atoms with Gasteiger partial charge >= 0.3 is 0 Å².